The van der Waals surface area contributed by atoms with E-state index in [1.807, 2.05) is 0 Å². The average molecular weight is 299 g/mol. The van der Waals surface area contributed by atoms with Crippen LogP contribution >= 0.6 is 11.8 Å². The van der Waals surface area contributed by atoms with Crippen molar-refractivity contribution in [1.29, 1.82) is 0 Å². The third-order valence-electron chi connectivity index (χ3n) is 5.54. The maximum atomic E-state index is 6.21. The number of thioether (sulfide) groups is 1. The van der Waals surface area contributed by atoms with Crippen molar-refractivity contribution >= 4 is 11.8 Å². The fourth-order valence-corrected chi connectivity index (χ4v) is 5.83. The Morgan fingerprint density at radius 1 is 1.20 bits per heavy atom. The summed E-state index contributed by atoms with van der Waals surface area (Å²) in [5.41, 5.74) is 0.190. The van der Waals surface area contributed by atoms with Crippen molar-refractivity contribution in [2.24, 2.45) is 5.92 Å². The number of rotatable bonds is 3. The Morgan fingerprint density at radius 3 is 2.75 bits per heavy atom. The van der Waals surface area contributed by atoms with Gasteiger partial charge in [-0.15, -0.1) is 0 Å². The van der Waals surface area contributed by atoms with Gasteiger partial charge in [0.1, 0.15) is 0 Å². The Labute approximate surface area is 127 Å². The van der Waals surface area contributed by atoms with E-state index in [0.717, 1.165) is 13.2 Å². The van der Waals surface area contributed by atoms with Crippen LogP contribution in [0.15, 0.2) is 0 Å². The van der Waals surface area contributed by atoms with E-state index in [4.69, 9.17) is 9.47 Å². The Hall–Kier alpha value is 0.230. The molecule has 1 spiro atoms. The van der Waals surface area contributed by atoms with Crippen molar-refractivity contribution in [3.63, 3.8) is 0 Å². The molecule has 4 unspecified atom stereocenters. The van der Waals surface area contributed by atoms with E-state index < -0.39 is 0 Å². The highest BCUT2D eigenvalue weighted by molar-refractivity contribution is 7.99. The standard InChI is InChI=1S/C16H29NO2S/c1-15(6-3-4-8-18-15)14(17-2)13-5-9-19-16(11-13)7-10-20-12-16/h13-14,17H,3-12H2,1-2H3. The van der Waals surface area contributed by atoms with Crippen LogP contribution in [0.5, 0.6) is 0 Å². The molecule has 20 heavy (non-hydrogen) atoms. The van der Waals surface area contributed by atoms with Gasteiger partial charge in [-0.25, -0.2) is 0 Å². The fraction of sp³-hybridized carbons (Fsp3) is 1.00. The smallest absolute Gasteiger partial charge is 0.0809 e. The van der Waals surface area contributed by atoms with Crippen molar-refractivity contribution < 1.29 is 9.47 Å². The first-order chi connectivity index (χ1) is 9.68. The molecule has 0 aromatic heterocycles. The molecular formula is C16H29NO2S. The van der Waals surface area contributed by atoms with Gasteiger partial charge in [0.25, 0.3) is 0 Å². The molecule has 0 bridgehead atoms. The van der Waals surface area contributed by atoms with Crippen molar-refractivity contribution in [3.8, 4) is 0 Å². The monoisotopic (exact) mass is 299 g/mol. The van der Waals surface area contributed by atoms with Gasteiger partial charge in [-0.05, 0) is 64.2 Å². The molecular weight excluding hydrogens is 270 g/mol. The topological polar surface area (TPSA) is 30.5 Å². The van der Waals surface area contributed by atoms with E-state index in [0.29, 0.717) is 12.0 Å². The molecule has 3 aliphatic rings. The molecule has 0 amide bonds. The minimum absolute atomic E-state index is 0.0158. The van der Waals surface area contributed by atoms with E-state index in [1.165, 1.54) is 50.0 Å². The van der Waals surface area contributed by atoms with Crippen LogP contribution in [0.3, 0.4) is 0 Å². The molecule has 3 rings (SSSR count). The zero-order valence-electron chi connectivity index (χ0n) is 13.0. The van der Waals surface area contributed by atoms with Gasteiger partial charge in [0.05, 0.1) is 11.2 Å². The molecule has 0 aromatic carbocycles. The van der Waals surface area contributed by atoms with Gasteiger partial charge >= 0.3 is 0 Å². The Kier molecular flexibility index (Phi) is 4.66. The fourth-order valence-electron chi connectivity index (χ4n) is 4.45. The lowest BCUT2D eigenvalue weighted by Gasteiger charge is -2.48. The highest BCUT2D eigenvalue weighted by Crippen LogP contribution is 2.44. The van der Waals surface area contributed by atoms with Crippen LogP contribution in [0, 0.1) is 5.92 Å². The number of hydrogen-bond donors (Lipinski definition) is 1. The second kappa shape index (κ2) is 6.15. The number of likely N-dealkylation sites (N-methyl/N-ethyl adjacent to an activating group) is 1. The van der Waals surface area contributed by atoms with Gasteiger partial charge in [-0.1, -0.05) is 0 Å². The van der Waals surface area contributed by atoms with Crippen LogP contribution in [0.25, 0.3) is 0 Å². The predicted octanol–water partition coefficient (Wildman–Crippen LogP) is 2.84. The molecule has 1 N–H and O–H groups in total. The van der Waals surface area contributed by atoms with Gasteiger partial charge in [0.2, 0.25) is 0 Å². The quantitative estimate of drug-likeness (QED) is 0.868. The lowest BCUT2D eigenvalue weighted by molar-refractivity contribution is -0.132. The average Bonchev–Trinajstić information content (AvgIpc) is 2.88. The summed E-state index contributed by atoms with van der Waals surface area (Å²) in [4.78, 5) is 0. The lowest BCUT2D eigenvalue weighted by atomic mass is 9.73. The van der Waals surface area contributed by atoms with Crippen LogP contribution in [-0.2, 0) is 9.47 Å². The van der Waals surface area contributed by atoms with E-state index in [9.17, 15) is 0 Å². The van der Waals surface area contributed by atoms with Gasteiger partial charge in [0, 0.05) is 25.0 Å². The summed E-state index contributed by atoms with van der Waals surface area (Å²) >= 11 is 2.06. The summed E-state index contributed by atoms with van der Waals surface area (Å²) in [6, 6.07) is 0.467. The first-order valence-electron chi connectivity index (χ1n) is 8.20. The number of hydrogen-bond acceptors (Lipinski definition) is 4. The lowest BCUT2D eigenvalue weighted by Crippen LogP contribution is -2.57. The van der Waals surface area contributed by atoms with E-state index in [1.54, 1.807) is 0 Å². The van der Waals surface area contributed by atoms with Crippen LogP contribution in [0.1, 0.15) is 45.4 Å². The molecule has 3 heterocycles. The minimum atomic E-state index is 0.0158. The largest absolute Gasteiger partial charge is 0.374 e. The summed E-state index contributed by atoms with van der Waals surface area (Å²) in [5.74, 6) is 3.15. The summed E-state index contributed by atoms with van der Waals surface area (Å²) in [7, 11) is 2.11. The van der Waals surface area contributed by atoms with E-state index in [-0.39, 0.29) is 11.2 Å². The Balaban J connectivity index is 1.71. The van der Waals surface area contributed by atoms with Crippen molar-refractivity contribution in [3.05, 3.63) is 0 Å². The van der Waals surface area contributed by atoms with Gasteiger partial charge < -0.3 is 14.8 Å². The maximum Gasteiger partial charge on any atom is 0.0809 e. The molecule has 3 aliphatic heterocycles. The van der Waals surface area contributed by atoms with E-state index in [2.05, 4.69) is 31.1 Å². The highest BCUT2D eigenvalue weighted by atomic mass is 32.2. The molecule has 3 saturated heterocycles. The maximum absolute atomic E-state index is 6.21. The molecule has 0 aromatic rings. The van der Waals surface area contributed by atoms with Gasteiger partial charge in [-0.3, -0.25) is 0 Å². The second-order valence-corrected chi connectivity index (χ2v) is 8.08. The molecule has 3 nitrogen and oxygen atoms in total. The molecule has 0 radical (unpaired) electrons. The molecule has 116 valence electrons. The van der Waals surface area contributed by atoms with E-state index >= 15 is 0 Å². The predicted molar refractivity (Wildman–Crippen MR) is 84.4 cm³/mol. The zero-order valence-corrected chi connectivity index (χ0v) is 13.8. The highest BCUT2D eigenvalue weighted by Gasteiger charge is 2.47. The van der Waals surface area contributed by atoms with Crippen LogP contribution in [-0.4, -0.2) is 49.0 Å². The third-order valence-corrected chi connectivity index (χ3v) is 6.76. The second-order valence-electron chi connectivity index (χ2n) is 6.97. The summed E-state index contributed by atoms with van der Waals surface area (Å²) < 4.78 is 12.4. The first-order valence-corrected chi connectivity index (χ1v) is 9.36. The SMILES string of the molecule is CNC(C1CCOC2(CCSC2)C1)C1(C)CCCCO1. The summed E-state index contributed by atoms with van der Waals surface area (Å²) in [5, 5.41) is 3.60. The van der Waals surface area contributed by atoms with Crippen molar-refractivity contribution in [2.45, 2.75) is 62.7 Å². The third kappa shape index (κ3) is 2.90. The molecule has 3 fully saturated rings. The van der Waals surface area contributed by atoms with Crippen LogP contribution < -0.4 is 5.32 Å². The minimum Gasteiger partial charge on any atom is -0.374 e. The summed E-state index contributed by atoms with van der Waals surface area (Å²) in [6.45, 7) is 4.18. The molecule has 4 atom stereocenters. The molecule has 0 saturated carbocycles. The van der Waals surface area contributed by atoms with Crippen molar-refractivity contribution in [2.75, 3.05) is 31.8 Å². The number of nitrogens with one attached hydrogen (secondary N) is 1. The Bertz CT molecular complexity index is 324. The summed E-state index contributed by atoms with van der Waals surface area (Å²) in [6.07, 6.45) is 7.35. The zero-order chi connectivity index (χ0) is 14.1. The normalized spacial score (nSPS) is 43.8. The number of ether oxygens (including phenoxy) is 2. The van der Waals surface area contributed by atoms with Gasteiger partial charge in [0.15, 0.2) is 0 Å². The Morgan fingerprint density at radius 2 is 2.10 bits per heavy atom. The molecule has 0 aliphatic carbocycles. The molecule has 4 heteroatoms. The first kappa shape index (κ1) is 15.1. The van der Waals surface area contributed by atoms with Crippen molar-refractivity contribution in [1.82, 2.24) is 5.32 Å². The van der Waals surface area contributed by atoms with Crippen LogP contribution in [0.2, 0.25) is 0 Å². The van der Waals surface area contributed by atoms with Gasteiger partial charge in [-0.2, -0.15) is 11.8 Å². The van der Waals surface area contributed by atoms with Crippen LogP contribution in [0.4, 0.5) is 0 Å².